The van der Waals surface area contributed by atoms with Crippen molar-refractivity contribution in [1.82, 2.24) is 4.90 Å². The van der Waals surface area contributed by atoms with Crippen molar-refractivity contribution >= 4 is 11.8 Å². The van der Waals surface area contributed by atoms with Gasteiger partial charge in [0.1, 0.15) is 37.0 Å². The van der Waals surface area contributed by atoms with E-state index < -0.39 is 23.8 Å². The van der Waals surface area contributed by atoms with Crippen LogP contribution in [0, 0.1) is 31.6 Å². The summed E-state index contributed by atoms with van der Waals surface area (Å²) < 4.78 is 26.9. The van der Waals surface area contributed by atoms with Crippen LogP contribution >= 0.6 is 0 Å². The molecule has 0 saturated heterocycles. The number of aliphatic hydroxyl groups excluding tert-OH is 2. The molecule has 1 heterocycles. The standard InChI is InChI=1S/C47H60N2O8/c1-6-23-49(46(52)54-31-34-15-9-8-10-16-34)43-30-41(48-53-5)39-28-35(17-11-13-24-50)38(18-12-14-25-51)44-40-29-37(56-36-20-19-32(3)33(4)27-36)21-22-42(40)57-47(43,45(39)44)55-26-7-2/h7-10,15-16,19-22,27-29,35,38,43-45,50-51H,2,6,11-14,17-18,23-26,30-31H2,1,3-5H3/t35-,38+,43-,44+,45+,47+/m0/s1. The van der Waals surface area contributed by atoms with Gasteiger partial charge in [-0.25, -0.2) is 4.79 Å². The quantitative estimate of drug-likeness (QED) is 0.0702. The van der Waals surface area contributed by atoms with E-state index in [9.17, 15) is 15.0 Å². The normalized spacial score (nSPS) is 24.1. The Morgan fingerprint density at radius 1 is 0.982 bits per heavy atom. The first-order valence-electron chi connectivity index (χ1n) is 20.6. The number of oxime groups is 1. The van der Waals surface area contributed by atoms with Gasteiger partial charge in [-0.3, -0.25) is 4.90 Å². The number of carbonyl (C=O) groups is 1. The predicted molar refractivity (Wildman–Crippen MR) is 222 cm³/mol. The second-order valence-corrected chi connectivity index (χ2v) is 15.5. The van der Waals surface area contributed by atoms with Crippen molar-refractivity contribution in [3.8, 4) is 17.2 Å². The maximum absolute atomic E-state index is 14.4. The number of aryl methyl sites for hydroxylation is 2. The highest BCUT2D eigenvalue weighted by molar-refractivity contribution is 6.03. The Morgan fingerprint density at radius 3 is 2.42 bits per heavy atom. The average molecular weight is 781 g/mol. The van der Waals surface area contributed by atoms with Gasteiger partial charge in [0.15, 0.2) is 0 Å². The first-order chi connectivity index (χ1) is 27.8. The molecule has 306 valence electrons. The van der Waals surface area contributed by atoms with Crippen LogP contribution in [0.1, 0.15) is 86.5 Å². The molecule has 0 spiro atoms. The maximum atomic E-state index is 14.4. The van der Waals surface area contributed by atoms with E-state index >= 15 is 0 Å². The molecular weight excluding hydrogens is 721 g/mol. The topological polar surface area (TPSA) is 119 Å². The first kappa shape index (κ1) is 42.0. The van der Waals surface area contributed by atoms with Gasteiger partial charge in [0.25, 0.3) is 0 Å². The molecule has 6 atom stereocenters. The summed E-state index contributed by atoms with van der Waals surface area (Å²) in [7, 11) is 1.55. The monoisotopic (exact) mass is 780 g/mol. The average Bonchev–Trinajstić information content (AvgIpc) is 3.22. The highest BCUT2D eigenvalue weighted by atomic mass is 16.7. The number of rotatable bonds is 19. The van der Waals surface area contributed by atoms with Crippen molar-refractivity contribution < 1.29 is 38.8 Å². The summed E-state index contributed by atoms with van der Waals surface area (Å²) in [6.07, 6.45) is 9.36. The molecule has 10 nitrogen and oxygen atoms in total. The van der Waals surface area contributed by atoms with Gasteiger partial charge in [-0.15, -0.1) is 6.58 Å². The number of aliphatic hydroxyl groups is 2. The number of nitrogens with zero attached hydrogens (tertiary/aromatic N) is 2. The van der Waals surface area contributed by atoms with E-state index in [0.717, 1.165) is 59.4 Å². The minimum Gasteiger partial charge on any atom is -0.459 e. The van der Waals surface area contributed by atoms with Crippen LogP contribution in [-0.4, -0.2) is 72.2 Å². The smallest absolute Gasteiger partial charge is 0.410 e. The molecule has 1 amide bonds. The van der Waals surface area contributed by atoms with E-state index in [0.29, 0.717) is 43.7 Å². The predicted octanol–water partition coefficient (Wildman–Crippen LogP) is 9.41. The molecule has 3 aromatic rings. The van der Waals surface area contributed by atoms with Crippen molar-refractivity contribution in [3.63, 3.8) is 0 Å². The zero-order chi connectivity index (χ0) is 40.4. The van der Waals surface area contributed by atoms with Crippen LogP contribution in [0.15, 0.2) is 96.2 Å². The Hall–Kier alpha value is -4.64. The van der Waals surface area contributed by atoms with Crippen LogP contribution in [0.3, 0.4) is 0 Å². The fourth-order valence-electron chi connectivity index (χ4n) is 9.15. The van der Waals surface area contributed by atoms with Crippen molar-refractivity contribution in [1.29, 1.82) is 0 Å². The highest BCUT2D eigenvalue weighted by Gasteiger charge is 2.65. The lowest BCUT2D eigenvalue weighted by Crippen LogP contribution is -2.70. The van der Waals surface area contributed by atoms with Gasteiger partial charge in [-0.05, 0) is 110 Å². The minimum atomic E-state index is -1.35. The van der Waals surface area contributed by atoms with Gasteiger partial charge < -0.3 is 34.0 Å². The minimum absolute atomic E-state index is 0.0995. The van der Waals surface area contributed by atoms with E-state index in [-0.39, 0.29) is 44.2 Å². The fraction of sp³-hybridized carbons (Fsp3) is 0.489. The Morgan fingerprint density at radius 2 is 1.72 bits per heavy atom. The third kappa shape index (κ3) is 9.24. The molecule has 10 heteroatoms. The number of fused-ring (bicyclic) bond motifs is 2. The van der Waals surface area contributed by atoms with Crippen LogP contribution in [0.5, 0.6) is 17.2 Å². The Labute approximate surface area is 338 Å². The maximum Gasteiger partial charge on any atom is 0.410 e. The molecule has 1 fully saturated rings. The number of unbranched alkanes of at least 4 members (excludes halogenated alkanes) is 2. The summed E-state index contributed by atoms with van der Waals surface area (Å²) in [4.78, 5) is 21.7. The first-order valence-corrected chi connectivity index (χ1v) is 20.6. The highest BCUT2D eigenvalue weighted by Crippen LogP contribution is 2.62. The number of amides is 1. The Balaban J connectivity index is 1.54. The molecule has 2 N–H and O–H groups in total. The van der Waals surface area contributed by atoms with E-state index in [1.807, 2.05) is 61.5 Å². The van der Waals surface area contributed by atoms with Gasteiger partial charge in [0, 0.05) is 37.7 Å². The molecule has 0 aromatic heterocycles. The molecule has 1 saturated carbocycles. The van der Waals surface area contributed by atoms with E-state index in [2.05, 4.69) is 43.8 Å². The molecule has 6 rings (SSSR count). The van der Waals surface area contributed by atoms with Gasteiger partial charge >= 0.3 is 6.09 Å². The van der Waals surface area contributed by atoms with Crippen LogP contribution in [0.25, 0.3) is 0 Å². The third-order valence-corrected chi connectivity index (χ3v) is 11.8. The molecule has 2 aliphatic carbocycles. The van der Waals surface area contributed by atoms with E-state index in [4.69, 9.17) is 23.8 Å². The summed E-state index contributed by atoms with van der Waals surface area (Å²) in [5, 5.41) is 24.4. The molecule has 57 heavy (non-hydrogen) atoms. The lowest BCUT2D eigenvalue weighted by Gasteiger charge is -2.59. The molecule has 3 aromatic carbocycles. The van der Waals surface area contributed by atoms with E-state index in [1.165, 1.54) is 5.56 Å². The van der Waals surface area contributed by atoms with Gasteiger partial charge in [-0.1, -0.05) is 73.5 Å². The van der Waals surface area contributed by atoms with Crippen molar-refractivity contribution in [2.45, 2.75) is 96.5 Å². The molecule has 0 unspecified atom stereocenters. The molecular formula is C47H60N2O8. The molecule has 0 radical (unpaired) electrons. The number of carbonyl (C=O) groups excluding carboxylic acids is 1. The largest absolute Gasteiger partial charge is 0.459 e. The van der Waals surface area contributed by atoms with E-state index in [1.54, 1.807) is 18.1 Å². The number of hydrogen-bond donors (Lipinski definition) is 2. The molecule has 0 bridgehead atoms. The van der Waals surface area contributed by atoms with Gasteiger partial charge in [0.2, 0.25) is 5.79 Å². The van der Waals surface area contributed by atoms with Crippen molar-refractivity contribution in [2.24, 2.45) is 22.9 Å². The summed E-state index contributed by atoms with van der Waals surface area (Å²) in [6.45, 7) is 11.2. The molecule has 3 aliphatic rings. The van der Waals surface area contributed by atoms with Crippen LogP contribution in [0.2, 0.25) is 0 Å². The zero-order valence-corrected chi connectivity index (χ0v) is 34.0. The van der Waals surface area contributed by atoms with Gasteiger partial charge in [-0.2, -0.15) is 0 Å². The van der Waals surface area contributed by atoms with Gasteiger partial charge in [0.05, 0.1) is 18.2 Å². The van der Waals surface area contributed by atoms with Crippen LogP contribution in [-0.2, 0) is 20.9 Å². The Bertz CT molecular complexity index is 1880. The fourth-order valence-corrected chi connectivity index (χ4v) is 9.15. The second kappa shape index (κ2) is 19.7. The number of allylic oxidation sites excluding steroid dienone is 1. The van der Waals surface area contributed by atoms with Crippen molar-refractivity contribution in [2.75, 3.05) is 33.5 Å². The van der Waals surface area contributed by atoms with Crippen molar-refractivity contribution in [3.05, 3.63) is 113 Å². The number of benzene rings is 3. The number of ether oxygens (including phenoxy) is 4. The third-order valence-electron chi connectivity index (χ3n) is 11.8. The Kier molecular flexibility index (Phi) is 14.5. The summed E-state index contributed by atoms with van der Waals surface area (Å²) >= 11 is 0. The van der Waals surface area contributed by atoms with Crippen LogP contribution < -0.4 is 9.47 Å². The summed E-state index contributed by atoms with van der Waals surface area (Å²) in [5.74, 6) is 0.409. The lowest BCUT2D eigenvalue weighted by molar-refractivity contribution is -0.255. The molecule has 1 aliphatic heterocycles. The number of hydrogen-bond acceptors (Lipinski definition) is 9. The second-order valence-electron chi connectivity index (χ2n) is 15.5. The zero-order valence-electron chi connectivity index (χ0n) is 34.0. The SMILES string of the molecule is C=CCO[C@@]12Oc3ccc(Oc4ccc(C)c(C)c4)cc3[C@H]3[C@H](CCCCO)[C@@H](CCCCO)C=C(C(=NOC)C[C@@H]1N(CCC)C(=O)OCc1ccccc1)[C@H]32. The van der Waals surface area contributed by atoms with Crippen LogP contribution in [0.4, 0.5) is 4.79 Å². The summed E-state index contributed by atoms with van der Waals surface area (Å²) in [5.41, 5.74) is 5.95. The summed E-state index contributed by atoms with van der Waals surface area (Å²) in [6, 6.07) is 21.1. The lowest BCUT2D eigenvalue weighted by atomic mass is 9.55.